The Labute approximate surface area is 86.3 Å². The highest BCUT2D eigenvalue weighted by atomic mass is 19.1. The molecule has 0 aliphatic carbocycles. The largest absolute Gasteiger partial charge is 0.453 e. The van der Waals surface area contributed by atoms with Crippen molar-refractivity contribution in [3.63, 3.8) is 0 Å². The molecule has 1 aromatic heterocycles. The average molecular weight is 204 g/mol. The van der Waals surface area contributed by atoms with Crippen LogP contribution in [0.5, 0.6) is 11.5 Å². The molecule has 0 saturated heterocycles. The molecule has 0 amide bonds. The summed E-state index contributed by atoms with van der Waals surface area (Å²) in [6, 6.07) is 9.82. The van der Waals surface area contributed by atoms with E-state index < -0.39 is 5.95 Å². The van der Waals surface area contributed by atoms with Gasteiger partial charge in [-0.3, -0.25) is 0 Å². The number of anilines is 1. The number of rotatable bonds is 2. The zero-order chi connectivity index (χ0) is 10.7. The van der Waals surface area contributed by atoms with Crippen molar-refractivity contribution in [2.45, 2.75) is 0 Å². The quantitative estimate of drug-likeness (QED) is 0.604. The number of nitrogens with two attached hydrogens (primary N) is 1. The van der Waals surface area contributed by atoms with Crippen molar-refractivity contribution >= 4 is 5.69 Å². The predicted molar refractivity (Wildman–Crippen MR) is 55.1 cm³/mol. The smallest absolute Gasteiger partial charge is 0.255 e. The lowest BCUT2D eigenvalue weighted by atomic mass is 10.3. The van der Waals surface area contributed by atoms with E-state index in [0.717, 1.165) is 0 Å². The first-order valence-corrected chi connectivity index (χ1v) is 4.39. The normalized spacial score (nSPS) is 9.93. The number of hydrogen-bond donors (Lipinski definition) is 1. The van der Waals surface area contributed by atoms with Crippen LogP contribution in [0.3, 0.4) is 0 Å². The van der Waals surface area contributed by atoms with Crippen molar-refractivity contribution in [1.82, 2.24) is 4.98 Å². The van der Waals surface area contributed by atoms with E-state index >= 15 is 0 Å². The Bertz CT molecular complexity index is 456. The third-order valence-corrected chi connectivity index (χ3v) is 1.83. The number of halogens is 1. The predicted octanol–water partition coefficient (Wildman–Crippen LogP) is 2.60. The average Bonchev–Trinajstić information content (AvgIpc) is 2.25. The Morgan fingerprint density at radius 1 is 1.13 bits per heavy atom. The summed E-state index contributed by atoms with van der Waals surface area (Å²) in [7, 11) is 0. The molecule has 2 aromatic rings. The fraction of sp³-hybridized carbons (Fsp3) is 0. The van der Waals surface area contributed by atoms with Gasteiger partial charge in [-0.2, -0.15) is 4.39 Å². The molecule has 0 radical (unpaired) electrons. The Morgan fingerprint density at radius 3 is 2.53 bits per heavy atom. The van der Waals surface area contributed by atoms with Gasteiger partial charge in [0.1, 0.15) is 5.75 Å². The Morgan fingerprint density at radius 2 is 1.87 bits per heavy atom. The molecule has 0 aliphatic rings. The third-order valence-electron chi connectivity index (χ3n) is 1.83. The van der Waals surface area contributed by atoms with Crippen LogP contribution in [0.1, 0.15) is 0 Å². The van der Waals surface area contributed by atoms with Crippen molar-refractivity contribution < 1.29 is 9.13 Å². The molecule has 0 fully saturated rings. The highest BCUT2D eigenvalue weighted by Crippen LogP contribution is 2.23. The van der Waals surface area contributed by atoms with E-state index in [0.29, 0.717) is 11.4 Å². The van der Waals surface area contributed by atoms with Crippen LogP contribution in [0.4, 0.5) is 10.1 Å². The first-order chi connectivity index (χ1) is 7.25. The van der Waals surface area contributed by atoms with Gasteiger partial charge in [0.2, 0.25) is 0 Å². The lowest BCUT2D eigenvalue weighted by Gasteiger charge is -2.05. The van der Waals surface area contributed by atoms with Crippen LogP contribution in [-0.4, -0.2) is 4.98 Å². The zero-order valence-corrected chi connectivity index (χ0v) is 7.85. The number of nitrogens with zero attached hydrogens (tertiary/aromatic N) is 1. The summed E-state index contributed by atoms with van der Waals surface area (Å²) < 4.78 is 18.4. The maximum absolute atomic E-state index is 13.1. The molecule has 4 heteroatoms. The minimum Gasteiger partial charge on any atom is -0.453 e. The summed E-state index contributed by atoms with van der Waals surface area (Å²) in [4.78, 5) is 3.48. The van der Waals surface area contributed by atoms with Crippen LogP contribution in [-0.2, 0) is 0 Å². The molecule has 2 rings (SSSR count). The lowest BCUT2D eigenvalue weighted by Crippen LogP contribution is -1.91. The Balaban J connectivity index is 2.22. The SMILES string of the molecule is Nc1ccc(Oc2cccnc2F)cc1. The first-order valence-electron chi connectivity index (χ1n) is 4.39. The lowest BCUT2D eigenvalue weighted by molar-refractivity contribution is 0.429. The number of pyridine rings is 1. The molecule has 0 aliphatic heterocycles. The second-order valence-electron chi connectivity index (χ2n) is 2.96. The zero-order valence-electron chi connectivity index (χ0n) is 7.85. The van der Waals surface area contributed by atoms with Crippen LogP contribution in [0, 0.1) is 5.95 Å². The molecule has 0 saturated carbocycles. The van der Waals surface area contributed by atoms with E-state index in [1.807, 2.05) is 0 Å². The van der Waals surface area contributed by atoms with Gasteiger partial charge < -0.3 is 10.5 Å². The maximum atomic E-state index is 13.1. The monoisotopic (exact) mass is 204 g/mol. The molecule has 1 aromatic carbocycles. The summed E-state index contributed by atoms with van der Waals surface area (Å²) in [5.41, 5.74) is 6.14. The van der Waals surface area contributed by atoms with Crippen molar-refractivity contribution in [3.8, 4) is 11.5 Å². The fourth-order valence-electron chi connectivity index (χ4n) is 1.11. The molecule has 15 heavy (non-hydrogen) atoms. The molecule has 0 unspecified atom stereocenters. The van der Waals surface area contributed by atoms with Gasteiger partial charge in [-0.1, -0.05) is 0 Å². The van der Waals surface area contributed by atoms with Crippen molar-refractivity contribution in [2.75, 3.05) is 5.73 Å². The van der Waals surface area contributed by atoms with E-state index in [1.165, 1.54) is 12.3 Å². The topological polar surface area (TPSA) is 48.1 Å². The molecule has 76 valence electrons. The Kier molecular flexibility index (Phi) is 2.49. The standard InChI is InChI=1S/C11H9FN2O/c12-11-10(2-1-7-14-11)15-9-5-3-8(13)4-6-9/h1-7H,13H2. The number of hydrogen-bond acceptors (Lipinski definition) is 3. The molecule has 2 N–H and O–H groups in total. The van der Waals surface area contributed by atoms with E-state index in [1.54, 1.807) is 30.3 Å². The summed E-state index contributed by atoms with van der Waals surface area (Å²) >= 11 is 0. The minimum absolute atomic E-state index is 0.0993. The van der Waals surface area contributed by atoms with E-state index in [-0.39, 0.29) is 5.75 Å². The molecule has 0 spiro atoms. The van der Waals surface area contributed by atoms with Gasteiger partial charge in [-0.25, -0.2) is 4.98 Å². The van der Waals surface area contributed by atoms with Crippen LogP contribution >= 0.6 is 0 Å². The molecule has 0 atom stereocenters. The van der Waals surface area contributed by atoms with Gasteiger partial charge in [0.15, 0.2) is 5.75 Å². The van der Waals surface area contributed by atoms with Crippen molar-refractivity contribution in [2.24, 2.45) is 0 Å². The van der Waals surface area contributed by atoms with Crippen LogP contribution in [0.25, 0.3) is 0 Å². The molecular formula is C11H9FN2O. The van der Waals surface area contributed by atoms with Crippen LogP contribution in [0.15, 0.2) is 42.6 Å². The van der Waals surface area contributed by atoms with Crippen molar-refractivity contribution in [1.29, 1.82) is 0 Å². The third kappa shape index (κ3) is 2.22. The maximum Gasteiger partial charge on any atom is 0.255 e. The van der Waals surface area contributed by atoms with Gasteiger partial charge in [0.25, 0.3) is 5.95 Å². The summed E-state index contributed by atoms with van der Waals surface area (Å²) in [6.07, 6.45) is 1.37. The number of nitrogen functional groups attached to an aromatic ring is 1. The van der Waals surface area contributed by atoms with E-state index in [4.69, 9.17) is 10.5 Å². The highest BCUT2D eigenvalue weighted by Gasteiger charge is 2.03. The highest BCUT2D eigenvalue weighted by molar-refractivity contribution is 5.42. The second-order valence-corrected chi connectivity index (χ2v) is 2.96. The van der Waals surface area contributed by atoms with Crippen LogP contribution < -0.4 is 10.5 Å². The molecule has 3 nitrogen and oxygen atoms in total. The minimum atomic E-state index is -0.630. The first kappa shape index (κ1) is 9.45. The van der Waals surface area contributed by atoms with E-state index in [9.17, 15) is 4.39 Å². The van der Waals surface area contributed by atoms with Gasteiger partial charge in [0, 0.05) is 11.9 Å². The summed E-state index contributed by atoms with van der Waals surface area (Å²) in [5, 5.41) is 0. The molecule has 0 bridgehead atoms. The van der Waals surface area contributed by atoms with Crippen molar-refractivity contribution in [3.05, 3.63) is 48.5 Å². The second kappa shape index (κ2) is 3.96. The van der Waals surface area contributed by atoms with E-state index in [2.05, 4.69) is 4.98 Å². The van der Waals surface area contributed by atoms with Crippen LogP contribution in [0.2, 0.25) is 0 Å². The number of ether oxygens (including phenoxy) is 1. The fourth-order valence-corrected chi connectivity index (χ4v) is 1.11. The van der Waals surface area contributed by atoms with Gasteiger partial charge in [-0.15, -0.1) is 0 Å². The summed E-state index contributed by atoms with van der Waals surface area (Å²) in [6.45, 7) is 0. The van der Waals surface area contributed by atoms with Gasteiger partial charge in [-0.05, 0) is 36.4 Å². The van der Waals surface area contributed by atoms with Gasteiger partial charge >= 0.3 is 0 Å². The Hall–Kier alpha value is -2.10. The number of aromatic nitrogens is 1. The van der Waals surface area contributed by atoms with Gasteiger partial charge in [0.05, 0.1) is 0 Å². The summed E-state index contributed by atoms with van der Waals surface area (Å²) in [5.74, 6) is -0.00676. The molecule has 1 heterocycles. The molecular weight excluding hydrogens is 195 g/mol. The number of benzene rings is 1.